The first-order valence-electron chi connectivity index (χ1n) is 1.05. The van der Waals surface area contributed by atoms with Gasteiger partial charge >= 0.3 is 0 Å². The molecular formula is C3H3F2. The van der Waals surface area contributed by atoms with Crippen molar-refractivity contribution in [1.82, 2.24) is 0 Å². The van der Waals surface area contributed by atoms with Crippen LogP contribution in [0.25, 0.3) is 0 Å². The molecule has 0 unspecified atom stereocenters. The van der Waals surface area contributed by atoms with Crippen molar-refractivity contribution in [3.8, 4) is 0 Å². The zero-order valence-electron chi connectivity index (χ0n) is 2.54. The van der Waals surface area contributed by atoms with Crippen molar-refractivity contribution in [2.45, 2.75) is 0 Å². The van der Waals surface area contributed by atoms with Crippen molar-refractivity contribution < 1.29 is 8.78 Å². The summed E-state index contributed by atoms with van der Waals surface area (Å²) in [4.78, 5) is 0. The SMILES string of the molecule is [CH2]/C(F)=C\F. The van der Waals surface area contributed by atoms with Gasteiger partial charge in [0.05, 0.1) is 0 Å². The van der Waals surface area contributed by atoms with Gasteiger partial charge in [0.15, 0.2) is 0 Å². The molecule has 0 aromatic heterocycles. The minimum Gasteiger partial charge on any atom is -0.213 e. The van der Waals surface area contributed by atoms with Gasteiger partial charge in [-0.25, -0.2) is 8.78 Å². The Morgan fingerprint density at radius 3 is 2.00 bits per heavy atom. The number of hydrogen-bond acceptors (Lipinski definition) is 0. The lowest BCUT2D eigenvalue weighted by Crippen LogP contribution is -1.47. The van der Waals surface area contributed by atoms with Gasteiger partial charge in [0.1, 0.15) is 12.2 Å². The summed E-state index contributed by atoms with van der Waals surface area (Å²) in [6.07, 6.45) is -0.194. The van der Waals surface area contributed by atoms with Gasteiger partial charge in [0.25, 0.3) is 0 Å². The number of hydrogen-bond donors (Lipinski definition) is 0. The van der Waals surface area contributed by atoms with Crippen molar-refractivity contribution in [1.29, 1.82) is 0 Å². The molecule has 1 radical (unpaired) electrons. The molecule has 0 rings (SSSR count). The van der Waals surface area contributed by atoms with Crippen LogP contribution in [-0.4, -0.2) is 0 Å². The fourth-order valence-electron chi connectivity index (χ4n) is 0. The minimum absolute atomic E-state index is 0.194. The summed E-state index contributed by atoms with van der Waals surface area (Å²) in [7, 11) is 0. The van der Waals surface area contributed by atoms with E-state index in [1.165, 1.54) is 0 Å². The van der Waals surface area contributed by atoms with E-state index >= 15 is 0 Å². The maximum atomic E-state index is 10.8. The van der Waals surface area contributed by atoms with Crippen LogP contribution in [0, 0.1) is 6.92 Å². The van der Waals surface area contributed by atoms with Gasteiger partial charge in [-0.15, -0.1) is 0 Å². The first-order valence-corrected chi connectivity index (χ1v) is 1.05. The number of allylic oxidation sites excluding steroid dienone is 1. The van der Waals surface area contributed by atoms with Crippen LogP contribution in [0.5, 0.6) is 0 Å². The lowest BCUT2D eigenvalue weighted by atomic mass is 10.7. The Morgan fingerprint density at radius 1 is 1.80 bits per heavy atom. The molecule has 0 N–H and O–H groups in total. The van der Waals surface area contributed by atoms with Crippen molar-refractivity contribution in [3.05, 3.63) is 19.1 Å². The van der Waals surface area contributed by atoms with Crippen LogP contribution in [-0.2, 0) is 0 Å². The standard InChI is InChI=1S/C3H3F2/c1-3(5)2-4/h2H,1H2/b3-2+. The zero-order chi connectivity index (χ0) is 4.28. The van der Waals surface area contributed by atoms with Crippen molar-refractivity contribution >= 4 is 0 Å². The summed E-state index contributed by atoms with van der Waals surface area (Å²) in [6.45, 7) is 2.58. The topological polar surface area (TPSA) is 0 Å². The van der Waals surface area contributed by atoms with E-state index in [-0.39, 0.29) is 6.33 Å². The molecule has 0 aliphatic heterocycles. The summed E-state index contributed by atoms with van der Waals surface area (Å²) < 4.78 is 21.3. The van der Waals surface area contributed by atoms with E-state index in [0.717, 1.165) is 0 Å². The molecule has 0 amide bonds. The van der Waals surface area contributed by atoms with Crippen LogP contribution in [0.4, 0.5) is 8.78 Å². The number of rotatable bonds is 0. The Balaban J connectivity index is 3.14. The average Bonchev–Trinajstić information content (AvgIpc) is 1.38. The zero-order valence-corrected chi connectivity index (χ0v) is 2.54. The van der Waals surface area contributed by atoms with E-state index < -0.39 is 5.83 Å². The van der Waals surface area contributed by atoms with E-state index in [9.17, 15) is 8.78 Å². The van der Waals surface area contributed by atoms with Crippen molar-refractivity contribution in [3.63, 3.8) is 0 Å². The van der Waals surface area contributed by atoms with Gasteiger partial charge in [-0.05, 0) is 0 Å². The molecule has 0 saturated heterocycles. The molecule has 0 bridgehead atoms. The Hall–Kier alpha value is -0.400. The smallest absolute Gasteiger partial charge is 0.128 e. The molecule has 0 saturated carbocycles. The van der Waals surface area contributed by atoms with Crippen molar-refractivity contribution in [2.24, 2.45) is 0 Å². The van der Waals surface area contributed by atoms with Crippen LogP contribution in [0.1, 0.15) is 0 Å². The van der Waals surface area contributed by atoms with Gasteiger partial charge in [-0.2, -0.15) is 0 Å². The normalized spacial score (nSPS) is 12.2. The molecule has 0 atom stereocenters. The van der Waals surface area contributed by atoms with E-state index in [4.69, 9.17) is 0 Å². The molecule has 5 heavy (non-hydrogen) atoms. The second-order valence-electron chi connectivity index (χ2n) is 0.556. The molecule has 0 aliphatic rings. The molecule has 0 aromatic carbocycles. The van der Waals surface area contributed by atoms with Gasteiger partial charge < -0.3 is 0 Å². The highest BCUT2D eigenvalue weighted by atomic mass is 19.2. The van der Waals surface area contributed by atoms with E-state index in [1.54, 1.807) is 0 Å². The molecule has 0 aliphatic carbocycles. The van der Waals surface area contributed by atoms with Gasteiger partial charge in [-0.3, -0.25) is 0 Å². The fourth-order valence-corrected chi connectivity index (χ4v) is 0. The number of halogens is 2. The molecule has 0 spiro atoms. The fraction of sp³-hybridized carbons (Fsp3) is 0. The largest absolute Gasteiger partial charge is 0.213 e. The van der Waals surface area contributed by atoms with Gasteiger partial charge in [0.2, 0.25) is 0 Å². The predicted molar refractivity (Wildman–Crippen MR) is 15.7 cm³/mol. The monoisotopic (exact) mass is 77.0 g/mol. The molecule has 0 fully saturated rings. The van der Waals surface area contributed by atoms with Crippen LogP contribution in [0.15, 0.2) is 12.2 Å². The van der Waals surface area contributed by atoms with Gasteiger partial charge in [0, 0.05) is 6.92 Å². The van der Waals surface area contributed by atoms with Crippen LogP contribution in [0.2, 0.25) is 0 Å². The van der Waals surface area contributed by atoms with Crippen molar-refractivity contribution in [2.75, 3.05) is 0 Å². The highest BCUT2D eigenvalue weighted by Gasteiger charge is 1.71. The first kappa shape index (κ1) is 4.60. The lowest BCUT2D eigenvalue weighted by Gasteiger charge is -1.64. The Bertz CT molecular complexity index is 42.9. The molecule has 0 heterocycles. The third-order valence-corrected chi connectivity index (χ3v) is 0.118. The van der Waals surface area contributed by atoms with Crippen LogP contribution < -0.4 is 0 Å². The molecule has 0 aromatic rings. The quantitative estimate of drug-likeness (QED) is 0.412. The predicted octanol–water partition coefficient (Wildman–Crippen LogP) is 1.60. The third kappa shape index (κ3) is 3.60. The molecule has 0 nitrogen and oxygen atoms in total. The second kappa shape index (κ2) is 1.88. The molecular weight excluding hydrogens is 74.0 g/mol. The minimum atomic E-state index is -1.04. The van der Waals surface area contributed by atoms with Gasteiger partial charge in [-0.1, -0.05) is 0 Å². The van der Waals surface area contributed by atoms with E-state index in [1.807, 2.05) is 0 Å². The highest BCUT2D eigenvalue weighted by Crippen LogP contribution is 1.88. The molecule has 29 valence electrons. The van der Waals surface area contributed by atoms with Crippen LogP contribution >= 0.6 is 0 Å². The highest BCUT2D eigenvalue weighted by molar-refractivity contribution is 4.86. The summed E-state index contributed by atoms with van der Waals surface area (Å²) in [5.41, 5.74) is 0. The summed E-state index contributed by atoms with van der Waals surface area (Å²) in [5, 5.41) is 0. The maximum Gasteiger partial charge on any atom is 0.128 e. The van der Waals surface area contributed by atoms with E-state index in [0.29, 0.717) is 0 Å². The Labute approximate surface area is 29.1 Å². The lowest BCUT2D eigenvalue weighted by molar-refractivity contribution is 0.605. The van der Waals surface area contributed by atoms with E-state index in [2.05, 4.69) is 6.92 Å². The Kier molecular flexibility index (Phi) is 1.73. The summed E-state index contributed by atoms with van der Waals surface area (Å²) >= 11 is 0. The maximum absolute atomic E-state index is 10.8. The Morgan fingerprint density at radius 2 is 2.00 bits per heavy atom. The average molecular weight is 77.1 g/mol. The van der Waals surface area contributed by atoms with Crippen LogP contribution in [0.3, 0.4) is 0 Å². The summed E-state index contributed by atoms with van der Waals surface area (Å²) in [5.74, 6) is -1.04. The molecule has 2 heteroatoms. The summed E-state index contributed by atoms with van der Waals surface area (Å²) in [6, 6.07) is 0. The second-order valence-corrected chi connectivity index (χ2v) is 0.556. The third-order valence-electron chi connectivity index (χ3n) is 0.118. The first-order chi connectivity index (χ1) is 2.27.